The zero-order valence-electron chi connectivity index (χ0n) is 18.1. The van der Waals surface area contributed by atoms with Gasteiger partial charge < -0.3 is 0 Å². The average Bonchev–Trinajstić information content (AvgIpc) is 3.47. The zero-order chi connectivity index (χ0) is 21.3. The fraction of sp³-hybridized carbons (Fsp3) is 0.750. The van der Waals surface area contributed by atoms with Crippen LogP contribution in [-0.2, 0) is 19.2 Å². The molecule has 7 aliphatic rings. The van der Waals surface area contributed by atoms with Gasteiger partial charge in [0.05, 0.1) is 23.7 Å². The number of allylic oxidation sites excluding steroid dienone is 2. The molecule has 6 nitrogen and oxygen atoms in total. The van der Waals surface area contributed by atoms with Crippen molar-refractivity contribution in [1.82, 2.24) is 9.80 Å². The summed E-state index contributed by atoms with van der Waals surface area (Å²) in [6, 6.07) is 0. The molecule has 30 heavy (non-hydrogen) atoms. The Hall–Kier alpha value is -1.98. The number of carbonyl (C=O) groups excluding carboxylic acids is 4. The van der Waals surface area contributed by atoms with Crippen molar-refractivity contribution in [1.29, 1.82) is 0 Å². The van der Waals surface area contributed by atoms with E-state index in [9.17, 15) is 19.2 Å². The van der Waals surface area contributed by atoms with Gasteiger partial charge in [0.25, 0.3) is 0 Å². The summed E-state index contributed by atoms with van der Waals surface area (Å²) in [5, 5.41) is 0. The summed E-state index contributed by atoms with van der Waals surface area (Å²) in [6.45, 7) is 4.79. The summed E-state index contributed by atoms with van der Waals surface area (Å²) in [5.74, 6) is -1.13. The minimum atomic E-state index is -0.460. The molecule has 0 radical (unpaired) electrons. The second-order valence-corrected chi connectivity index (χ2v) is 10.3. The van der Waals surface area contributed by atoms with Gasteiger partial charge in [-0.25, -0.2) is 0 Å². The molecule has 4 bridgehead atoms. The standard InChI is InChI=1S/C21H24N2O4.C3H8/c1-22-18(24)14-12-4-5-13(15(14)19(22)25)17-16(12)20(26)23(21(17)27)8-11-7-9-2-3-10(11)6-9;1-3-2/h4-5,9-17H,2-3,6-8H2,1H3;3H2,1-2H3. The second-order valence-electron chi connectivity index (χ2n) is 10.3. The van der Waals surface area contributed by atoms with Crippen LogP contribution in [0.5, 0.6) is 0 Å². The van der Waals surface area contributed by atoms with Crippen LogP contribution in [0.15, 0.2) is 12.2 Å². The molecule has 9 atom stereocenters. The first-order valence-corrected chi connectivity index (χ1v) is 11.7. The van der Waals surface area contributed by atoms with Gasteiger partial charge in [-0.1, -0.05) is 38.8 Å². The molecule has 0 N–H and O–H groups in total. The van der Waals surface area contributed by atoms with Gasteiger partial charge in [0.2, 0.25) is 23.6 Å². The van der Waals surface area contributed by atoms with E-state index >= 15 is 0 Å². The smallest absolute Gasteiger partial charge is 0.233 e. The summed E-state index contributed by atoms with van der Waals surface area (Å²) in [5.41, 5.74) is 0. The van der Waals surface area contributed by atoms with Crippen molar-refractivity contribution < 1.29 is 19.2 Å². The number of hydrogen-bond acceptors (Lipinski definition) is 4. The van der Waals surface area contributed by atoms with E-state index in [2.05, 4.69) is 13.8 Å². The number of likely N-dealkylation sites (tertiary alicyclic amines) is 2. The normalized spacial score (nSPS) is 45.2. The SMILES string of the molecule is CCC.CN1C(=O)C2C3C=CC(C2C1=O)C1C(=O)N(CC2CC4CCC2C4)C(=O)C31. The number of nitrogens with zero attached hydrogens (tertiary/aromatic N) is 2. The van der Waals surface area contributed by atoms with Crippen molar-refractivity contribution in [2.24, 2.45) is 53.3 Å². The van der Waals surface area contributed by atoms with Crippen molar-refractivity contribution in [3.63, 3.8) is 0 Å². The van der Waals surface area contributed by atoms with E-state index in [-0.39, 0.29) is 35.5 Å². The Balaban J connectivity index is 0.000000609. The molecular formula is C24H32N2O4. The maximum atomic E-state index is 13.3. The molecule has 2 heterocycles. The van der Waals surface area contributed by atoms with Crippen molar-refractivity contribution in [3.8, 4) is 0 Å². The Labute approximate surface area is 178 Å². The predicted octanol–water partition coefficient (Wildman–Crippen LogP) is 2.49. The molecule has 2 aliphatic heterocycles. The van der Waals surface area contributed by atoms with Crippen molar-refractivity contribution in [2.75, 3.05) is 13.6 Å². The summed E-state index contributed by atoms with van der Waals surface area (Å²) in [6.07, 6.45) is 10.0. The van der Waals surface area contributed by atoms with Crippen molar-refractivity contribution in [3.05, 3.63) is 12.2 Å². The first-order chi connectivity index (χ1) is 14.4. The molecule has 6 heteroatoms. The van der Waals surface area contributed by atoms with E-state index in [0.717, 1.165) is 12.3 Å². The molecule has 9 unspecified atom stereocenters. The number of amides is 4. The van der Waals surface area contributed by atoms with E-state index in [1.165, 1.54) is 42.5 Å². The van der Waals surface area contributed by atoms with Crippen LogP contribution >= 0.6 is 0 Å². The second kappa shape index (κ2) is 7.03. The number of carbonyl (C=O) groups is 4. The third kappa shape index (κ3) is 2.54. The van der Waals surface area contributed by atoms with Crippen LogP contribution in [0, 0.1) is 53.3 Å². The highest BCUT2D eigenvalue weighted by Gasteiger charge is 2.68. The summed E-state index contributed by atoms with van der Waals surface area (Å²) in [7, 11) is 1.52. The van der Waals surface area contributed by atoms with Crippen LogP contribution < -0.4 is 0 Å². The molecule has 5 aliphatic carbocycles. The maximum Gasteiger partial charge on any atom is 0.233 e. The lowest BCUT2D eigenvalue weighted by atomic mass is 9.54. The van der Waals surface area contributed by atoms with Crippen molar-refractivity contribution >= 4 is 23.6 Å². The van der Waals surface area contributed by atoms with Gasteiger partial charge in [0.15, 0.2) is 0 Å². The Bertz CT molecular complexity index is 785. The number of imide groups is 2. The fourth-order valence-electron chi connectivity index (χ4n) is 7.45. The summed E-state index contributed by atoms with van der Waals surface area (Å²) >= 11 is 0. The van der Waals surface area contributed by atoms with Crippen molar-refractivity contribution in [2.45, 2.75) is 46.0 Å². The fourth-order valence-corrected chi connectivity index (χ4v) is 7.45. The van der Waals surface area contributed by atoms with E-state index in [1.807, 2.05) is 12.2 Å². The third-order valence-corrected chi connectivity index (χ3v) is 8.62. The predicted molar refractivity (Wildman–Crippen MR) is 109 cm³/mol. The molecule has 4 amide bonds. The number of rotatable bonds is 2. The molecule has 2 saturated heterocycles. The highest BCUT2D eigenvalue weighted by atomic mass is 16.2. The molecule has 0 aromatic carbocycles. The molecule has 5 fully saturated rings. The molecule has 7 rings (SSSR count). The Kier molecular flexibility index (Phi) is 4.67. The average molecular weight is 413 g/mol. The third-order valence-electron chi connectivity index (χ3n) is 8.62. The molecule has 162 valence electrons. The van der Waals surface area contributed by atoms with E-state index in [4.69, 9.17) is 0 Å². The van der Waals surface area contributed by atoms with Gasteiger partial charge in [-0.2, -0.15) is 0 Å². The number of fused-ring (bicyclic) bond motifs is 2. The van der Waals surface area contributed by atoms with Crippen LogP contribution in [0.1, 0.15) is 46.0 Å². The molecule has 0 aromatic heterocycles. The largest absolute Gasteiger partial charge is 0.285 e. The van der Waals surface area contributed by atoms with Crippen LogP contribution in [0.4, 0.5) is 0 Å². The Morgan fingerprint density at radius 3 is 1.73 bits per heavy atom. The Morgan fingerprint density at radius 1 is 0.800 bits per heavy atom. The van der Waals surface area contributed by atoms with Gasteiger partial charge in [-0.15, -0.1) is 0 Å². The van der Waals surface area contributed by atoms with Gasteiger partial charge in [0.1, 0.15) is 0 Å². The summed E-state index contributed by atoms with van der Waals surface area (Å²) in [4.78, 5) is 54.5. The van der Waals surface area contributed by atoms with Crippen LogP contribution in [-0.4, -0.2) is 47.0 Å². The number of hydrogen-bond donors (Lipinski definition) is 0. The van der Waals surface area contributed by atoms with Crippen LogP contribution in [0.3, 0.4) is 0 Å². The van der Waals surface area contributed by atoms with Gasteiger partial charge in [-0.05, 0) is 37.0 Å². The van der Waals surface area contributed by atoms with Gasteiger partial charge in [0, 0.05) is 25.4 Å². The molecule has 0 aromatic rings. The minimum absolute atomic E-state index is 0.0969. The monoisotopic (exact) mass is 412 g/mol. The highest BCUT2D eigenvalue weighted by Crippen LogP contribution is 2.58. The minimum Gasteiger partial charge on any atom is -0.285 e. The summed E-state index contributed by atoms with van der Waals surface area (Å²) < 4.78 is 0. The van der Waals surface area contributed by atoms with E-state index in [0.29, 0.717) is 18.4 Å². The lowest BCUT2D eigenvalue weighted by Crippen LogP contribution is -2.50. The van der Waals surface area contributed by atoms with E-state index in [1.54, 1.807) is 0 Å². The molecule has 3 saturated carbocycles. The molecular weight excluding hydrogens is 380 g/mol. The molecule has 0 spiro atoms. The lowest BCUT2D eigenvalue weighted by molar-refractivity contribution is -0.141. The quantitative estimate of drug-likeness (QED) is 0.516. The zero-order valence-corrected chi connectivity index (χ0v) is 18.1. The van der Waals surface area contributed by atoms with Crippen LogP contribution in [0.2, 0.25) is 0 Å². The first kappa shape index (κ1) is 20.0. The van der Waals surface area contributed by atoms with Gasteiger partial charge >= 0.3 is 0 Å². The first-order valence-electron chi connectivity index (χ1n) is 11.7. The Morgan fingerprint density at radius 2 is 1.30 bits per heavy atom. The van der Waals surface area contributed by atoms with Gasteiger partial charge in [-0.3, -0.25) is 29.0 Å². The topological polar surface area (TPSA) is 74.8 Å². The lowest BCUT2D eigenvalue weighted by Gasteiger charge is -2.44. The van der Waals surface area contributed by atoms with Crippen LogP contribution in [0.25, 0.3) is 0 Å². The van der Waals surface area contributed by atoms with E-state index < -0.39 is 23.7 Å². The maximum absolute atomic E-state index is 13.3. The highest BCUT2D eigenvalue weighted by molar-refractivity contribution is 6.10.